The summed E-state index contributed by atoms with van der Waals surface area (Å²) in [4.78, 5) is 14.9. The standard InChI is InChI=1S/C22H18Cl2N2O3/c1-28-19-12-20(29-2)18(11-17(19)24)25-21-15-5-3-4-6-16(15)22(27)26(21)14-9-7-13(23)8-10-14/h3-12,21,25H,1-2H3. The van der Waals surface area contributed by atoms with E-state index in [1.807, 2.05) is 36.4 Å². The second kappa shape index (κ2) is 7.85. The fraction of sp³-hybridized carbons (Fsp3) is 0.136. The van der Waals surface area contributed by atoms with Gasteiger partial charge in [-0.15, -0.1) is 0 Å². The van der Waals surface area contributed by atoms with Crippen LogP contribution >= 0.6 is 23.2 Å². The topological polar surface area (TPSA) is 50.8 Å². The summed E-state index contributed by atoms with van der Waals surface area (Å²) in [5.41, 5.74) is 2.87. The zero-order valence-electron chi connectivity index (χ0n) is 15.8. The molecule has 0 radical (unpaired) electrons. The molecule has 3 aromatic rings. The molecule has 1 aliphatic heterocycles. The highest BCUT2D eigenvalue weighted by molar-refractivity contribution is 6.32. The first-order chi connectivity index (χ1) is 14.0. The van der Waals surface area contributed by atoms with Crippen molar-refractivity contribution in [2.45, 2.75) is 6.17 Å². The maximum atomic E-state index is 13.2. The van der Waals surface area contributed by atoms with Gasteiger partial charge in [0, 0.05) is 27.9 Å². The molecule has 1 amide bonds. The van der Waals surface area contributed by atoms with Crippen LogP contribution in [0, 0.1) is 0 Å². The highest BCUT2D eigenvalue weighted by Gasteiger charge is 2.38. The maximum absolute atomic E-state index is 13.2. The second-order valence-corrected chi connectivity index (χ2v) is 7.32. The Morgan fingerprint density at radius 2 is 1.62 bits per heavy atom. The van der Waals surface area contributed by atoms with Gasteiger partial charge in [-0.25, -0.2) is 0 Å². The van der Waals surface area contributed by atoms with E-state index in [1.54, 1.807) is 43.4 Å². The number of anilines is 2. The Kier molecular flexibility index (Phi) is 5.26. The molecule has 1 heterocycles. The fourth-order valence-electron chi connectivity index (χ4n) is 3.45. The molecule has 1 aliphatic rings. The quantitative estimate of drug-likeness (QED) is 0.559. The zero-order valence-corrected chi connectivity index (χ0v) is 17.3. The number of hydrogen-bond acceptors (Lipinski definition) is 4. The molecule has 3 aromatic carbocycles. The summed E-state index contributed by atoms with van der Waals surface area (Å²) in [5.74, 6) is 0.963. The Bertz CT molecular complexity index is 1070. The average molecular weight is 429 g/mol. The predicted molar refractivity (Wildman–Crippen MR) is 116 cm³/mol. The highest BCUT2D eigenvalue weighted by atomic mass is 35.5. The van der Waals surface area contributed by atoms with Crippen LogP contribution in [0.25, 0.3) is 0 Å². The molecule has 1 atom stereocenters. The number of fused-ring (bicyclic) bond motifs is 1. The summed E-state index contributed by atoms with van der Waals surface area (Å²) in [6.45, 7) is 0. The molecular weight excluding hydrogens is 411 g/mol. The number of benzene rings is 3. The van der Waals surface area contributed by atoms with Crippen LogP contribution in [0.3, 0.4) is 0 Å². The number of amides is 1. The SMILES string of the molecule is COc1cc(OC)c(NC2c3ccccc3C(=O)N2c2ccc(Cl)cc2)cc1Cl. The molecule has 0 bridgehead atoms. The van der Waals surface area contributed by atoms with Crippen molar-refractivity contribution in [1.82, 2.24) is 0 Å². The van der Waals surface area contributed by atoms with Gasteiger partial charge < -0.3 is 14.8 Å². The van der Waals surface area contributed by atoms with Crippen LogP contribution in [0.15, 0.2) is 60.7 Å². The van der Waals surface area contributed by atoms with Gasteiger partial charge in [-0.2, -0.15) is 0 Å². The fourth-order valence-corrected chi connectivity index (χ4v) is 3.81. The van der Waals surface area contributed by atoms with Gasteiger partial charge in [0.1, 0.15) is 17.7 Å². The Labute approximate surface area is 178 Å². The summed E-state index contributed by atoms with van der Waals surface area (Å²) in [6.07, 6.45) is -0.446. The number of ether oxygens (including phenoxy) is 2. The van der Waals surface area contributed by atoms with E-state index in [9.17, 15) is 4.79 Å². The predicted octanol–water partition coefficient (Wildman–Crippen LogP) is 5.78. The molecule has 5 nitrogen and oxygen atoms in total. The minimum atomic E-state index is -0.446. The lowest BCUT2D eigenvalue weighted by atomic mass is 10.1. The summed E-state index contributed by atoms with van der Waals surface area (Å²) < 4.78 is 10.8. The average Bonchev–Trinajstić information content (AvgIpc) is 3.01. The van der Waals surface area contributed by atoms with Gasteiger partial charge in [-0.05, 0) is 36.4 Å². The van der Waals surface area contributed by atoms with Gasteiger partial charge in [-0.1, -0.05) is 41.4 Å². The van der Waals surface area contributed by atoms with E-state index in [0.717, 1.165) is 11.3 Å². The summed E-state index contributed by atoms with van der Waals surface area (Å²) in [7, 11) is 3.11. The largest absolute Gasteiger partial charge is 0.495 e. The van der Waals surface area contributed by atoms with Crippen LogP contribution in [-0.2, 0) is 0 Å². The van der Waals surface area contributed by atoms with Crippen molar-refractivity contribution in [2.24, 2.45) is 0 Å². The van der Waals surface area contributed by atoms with E-state index in [-0.39, 0.29) is 5.91 Å². The van der Waals surface area contributed by atoms with Gasteiger partial charge in [0.25, 0.3) is 5.91 Å². The molecule has 4 rings (SSSR count). The maximum Gasteiger partial charge on any atom is 0.260 e. The van der Waals surface area contributed by atoms with Crippen molar-refractivity contribution < 1.29 is 14.3 Å². The number of carbonyl (C=O) groups excluding carboxylic acids is 1. The summed E-state index contributed by atoms with van der Waals surface area (Å²) in [5, 5.41) is 4.45. The highest BCUT2D eigenvalue weighted by Crippen LogP contribution is 2.42. The first-order valence-corrected chi connectivity index (χ1v) is 9.65. The van der Waals surface area contributed by atoms with Crippen molar-refractivity contribution in [3.8, 4) is 11.5 Å². The molecule has 0 fully saturated rings. The molecule has 0 spiro atoms. The van der Waals surface area contributed by atoms with Crippen molar-refractivity contribution in [2.75, 3.05) is 24.4 Å². The van der Waals surface area contributed by atoms with Gasteiger partial charge in [0.2, 0.25) is 0 Å². The Morgan fingerprint density at radius 3 is 2.31 bits per heavy atom. The number of hydrogen-bond donors (Lipinski definition) is 1. The van der Waals surface area contributed by atoms with Crippen LogP contribution in [0.1, 0.15) is 22.1 Å². The molecule has 7 heteroatoms. The van der Waals surface area contributed by atoms with Crippen LogP contribution in [-0.4, -0.2) is 20.1 Å². The minimum absolute atomic E-state index is 0.0982. The van der Waals surface area contributed by atoms with Gasteiger partial charge in [0.15, 0.2) is 0 Å². The molecule has 148 valence electrons. The lowest BCUT2D eigenvalue weighted by Crippen LogP contribution is -2.32. The van der Waals surface area contributed by atoms with E-state index in [0.29, 0.717) is 32.8 Å². The molecule has 0 saturated heterocycles. The Morgan fingerprint density at radius 1 is 0.931 bits per heavy atom. The molecule has 0 saturated carbocycles. The van der Waals surface area contributed by atoms with Crippen molar-refractivity contribution in [3.05, 3.63) is 81.8 Å². The number of nitrogens with one attached hydrogen (secondary N) is 1. The van der Waals surface area contributed by atoms with Gasteiger partial charge in [0.05, 0.1) is 24.9 Å². The smallest absolute Gasteiger partial charge is 0.260 e. The van der Waals surface area contributed by atoms with Crippen molar-refractivity contribution in [1.29, 1.82) is 0 Å². The van der Waals surface area contributed by atoms with Crippen molar-refractivity contribution >= 4 is 40.5 Å². The van der Waals surface area contributed by atoms with E-state index >= 15 is 0 Å². The molecule has 1 N–H and O–H groups in total. The number of rotatable bonds is 5. The third-order valence-electron chi connectivity index (χ3n) is 4.83. The minimum Gasteiger partial charge on any atom is -0.495 e. The van der Waals surface area contributed by atoms with Crippen molar-refractivity contribution in [3.63, 3.8) is 0 Å². The molecule has 0 aromatic heterocycles. The van der Waals surface area contributed by atoms with Gasteiger partial charge >= 0.3 is 0 Å². The van der Waals surface area contributed by atoms with E-state index in [2.05, 4.69) is 5.32 Å². The number of methoxy groups -OCH3 is 2. The Hall–Kier alpha value is -2.89. The number of carbonyl (C=O) groups is 1. The van der Waals surface area contributed by atoms with E-state index in [1.165, 1.54) is 0 Å². The first kappa shape index (κ1) is 19.4. The molecule has 1 unspecified atom stereocenters. The summed E-state index contributed by atoms with van der Waals surface area (Å²) >= 11 is 12.4. The van der Waals surface area contributed by atoms with E-state index in [4.69, 9.17) is 32.7 Å². The van der Waals surface area contributed by atoms with Crippen LogP contribution in [0.5, 0.6) is 11.5 Å². The number of halogens is 2. The number of nitrogens with zero attached hydrogens (tertiary/aromatic N) is 1. The van der Waals surface area contributed by atoms with Crippen LogP contribution in [0.4, 0.5) is 11.4 Å². The lowest BCUT2D eigenvalue weighted by Gasteiger charge is -2.28. The molecular formula is C22H18Cl2N2O3. The van der Waals surface area contributed by atoms with Crippen LogP contribution < -0.4 is 19.7 Å². The third kappa shape index (κ3) is 3.48. The van der Waals surface area contributed by atoms with E-state index < -0.39 is 6.17 Å². The Balaban J connectivity index is 1.80. The first-order valence-electron chi connectivity index (χ1n) is 8.89. The second-order valence-electron chi connectivity index (χ2n) is 6.47. The zero-order chi connectivity index (χ0) is 20.5. The third-order valence-corrected chi connectivity index (χ3v) is 5.38. The molecule has 29 heavy (non-hydrogen) atoms. The summed E-state index contributed by atoms with van der Waals surface area (Å²) in [6, 6.07) is 18.1. The van der Waals surface area contributed by atoms with Crippen LogP contribution in [0.2, 0.25) is 10.0 Å². The lowest BCUT2D eigenvalue weighted by molar-refractivity contribution is 0.0993. The molecule has 0 aliphatic carbocycles. The monoisotopic (exact) mass is 428 g/mol. The van der Waals surface area contributed by atoms with Gasteiger partial charge in [-0.3, -0.25) is 9.69 Å². The normalized spacial score (nSPS) is 15.2.